The molecule has 2 aromatic rings. The lowest BCUT2D eigenvalue weighted by atomic mass is 10.0. The van der Waals surface area contributed by atoms with E-state index < -0.39 is 0 Å². The largest absolute Gasteiger partial charge is 0.496 e. The summed E-state index contributed by atoms with van der Waals surface area (Å²) in [6, 6.07) is 12.1. The normalized spacial score (nSPS) is 10.7. The maximum atomic E-state index is 5.91. The van der Waals surface area contributed by atoms with E-state index in [0.717, 1.165) is 41.6 Å². The van der Waals surface area contributed by atoms with Crippen LogP contribution in [0.15, 0.2) is 36.4 Å². The van der Waals surface area contributed by atoms with Crippen LogP contribution in [0.1, 0.15) is 69.4 Å². The van der Waals surface area contributed by atoms with Crippen LogP contribution in [0, 0.1) is 0 Å². The Morgan fingerprint density at radius 1 is 0.633 bits per heavy atom. The second kappa shape index (κ2) is 13.8. The van der Waals surface area contributed by atoms with Gasteiger partial charge in [0.15, 0.2) is 0 Å². The van der Waals surface area contributed by atoms with Gasteiger partial charge in [-0.2, -0.15) is 0 Å². The number of methoxy groups -OCH3 is 3. The fourth-order valence-corrected chi connectivity index (χ4v) is 3.59. The zero-order valence-corrected chi connectivity index (χ0v) is 19.2. The van der Waals surface area contributed by atoms with Crippen molar-refractivity contribution < 1.29 is 18.9 Å². The molecule has 166 valence electrons. The molecule has 30 heavy (non-hydrogen) atoms. The van der Waals surface area contributed by atoms with Gasteiger partial charge in [0.1, 0.15) is 23.0 Å². The second-order valence-corrected chi connectivity index (χ2v) is 7.65. The second-order valence-electron chi connectivity index (χ2n) is 7.65. The molecule has 0 spiro atoms. The minimum Gasteiger partial charge on any atom is -0.496 e. The van der Waals surface area contributed by atoms with Crippen LogP contribution in [-0.4, -0.2) is 27.9 Å². The van der Waals surface area contributed by atoms with Crippen LogP contribution in [0.2, 0.25) is 0 Å². The highest BCUT2D eigenvalue weighted by atomic mass is 16.5. The maximum Gasteiger partial charge on any atom is 0.129 e. The van der Waals surface area contributed by atoms with Gasteiger partial charge in [-0.05, 0) is 24.1 Å². The van der Waals surface area contributed by atoms with Crippen LogP contribution in [0.3, 0.4) is 0 Å². The van der Waals surface area contributed by atoms with E-state index in [9.17, 15) is 0 Å². The van der Waals surface area contributed by atoms with Gasteiger partial charge in [-0.3, -0.25) is 0 Å². The van der Waals surface area contributed by atoms with Crippen molar-refractivity contribution >= 4 is 0 Å². The standard InChI is InChI=1S/C26H38O4/c1-5-6-7-8-9-10-11-12-17-30-22-15-13-21(14-16-22)18-24-25(28-3)19-23(27-2)20-26(24)29-4/h13-16,19-20H,5-12,17-18H2,1-4H3. The monoisotopic (exact) mass is 414 g/mol. The molecule has 0 atom stereocenters. The number of benzene rings is 2. The summed E-state index contributed by atoms with van der Waals surface area (Å²) in [5.74, 6) is 3.18. The molecule has 4 nitrogen and oxygen atoms in total. The van der Waals surface area contributed by atoms with E-state index in [1.165, 1.54) is 50.5 Å². The molecule has 0 saturated heterocycles. The molecular weight excluding hydrogens is 376 g/mol. The molecule has 0 amide bonds. The van der Waals surface area contributed by atoms with Crippen LogP contribution in [0.4, 0.5) is 0 Å². The summed E-state index contributed by atoms with van der Waals surface area (Å²) in [6.07, 6.45) is 11.2. The van der Waals surface area contributed by atoms with Crippen LogP contribution in [0.5, 0.6) is 23.0 Å². The molecule has 4 heteroatoms. The third-order valence-electron chi connectivity index (χ3n) is 5.39. The van der Waals surface area contributed by atoms with Crippen LogP contribution >= 0.6 is 0 Å². The predicted octanol–water partition coefficient (Wildman–Crippen LogP) is 6.82. The van der Waals surface area contributed by atoms with Gasteiger partial charge >= 0.3 is 0 Å². The summed E-state index contributed by atoms with van der Waals surface area (Å²) in [5.41, 5.74) is 2.18. The molecule has 0 aromatic heterocycles. The van der Waals surface area contributed by atoms with E-state index in [1.807, 2.05) is 24.3 Å². The van der Waals surface area contributed by atoms with Gasteiger partial charge in [-0.1, -0.05) is 64.0 Å². The molecule has 0 aliphatic heterocycles. The minimum absolute atomic E-state index is 0.717. The zero-order chi connectivity index (χ0) is 21.6. The Bertz CT molecular complexity index is 699. The molecule has 0 aliphatic rings. The first kappa shape index (κ1) is 23.9. The molecule has 2 rings (SSSR count). The maximum absolute atomic E-state index is 5.91. The summed E-state index contributed by atoms with van der Waals surface area (Å²) in [4.78, 5) is 0. The van der Waals surface area contributed by atoms with Crippen molar-refractivity contribution in [1.82, 2.24) is 0 Å². The molecule has 0 aliphatic carbocycles. The molecule has 2 aromatic carbocycles. The molecule has 0 radical (unpaired) electrons. The smallest absolute Gasteiger partial charge is 0.129 e. The molecule has 0 bridgehead atoms. The Balaban J connectivity index is 1.81. The fourth-order valence-electron chi connectivity index (χ4n) is 3.59. The summed E-state index contributed by atoms with van der Waals surface area (Å²) in [7, 11) is 4.97. The zero-order valence-electron chi connectivity index (χ0n) is 19.2. The van der Waals surface area contributed by atoms with Crippen LogP contribution in [-0.2, 0) is 6.42 Å². The van der Waals surface area contributed by atoms with Crippen LogP contribution < -0.4 is 18.9 Å². The molecule has 0 fully saturated rings. The van der Waals surface area contributed by atoms with E-state index in [-0.39, 0.29) is 0 Å². The third-order valence-corrected chi connectivity index (χ3v) is 5.39. The van der Waals surface area contributed by atoms with Gasteiger partial charge < -0.3 is 18.9 Å². The number of ether oxygens (including phenoxy) is 4. The average Bonchev–Trinajstić information content (AvgIpc) is 2.79. The Hall–Kier alpha value is -2.36. The van der Waals surface area contributed by atoms with Crippen molar-refractivity contribution in [2.45, 2.75) is 64.7 Å². The lowest BCUT2D eigenvalue weighted by Gasteiger charge is -2.15. The summed E-state index contributed by atoms with van der Waals surface area (Å²) in [5, 5.41) is 0. The van der Waals surface area contributed by atoms with Crippen molar-refractivity contribution in [1.29, 1.82) is 0 Å². The molecule has 0 N–H and O–H groups in total. The first-order valence-electron chi connectivity index (χ1n) is 11.2. The SMILES string of the molecule is CCCCCCCCCCOc1ccc(Cc2c(OC)cc(OC)cc2OC)cc1. The Labute approximate surface area is 182 Å². The predicted molar refractivity (Wildman–Crippen MR) is 123 cm³/mol. The molecule has 0 saturated carbocycles. The first-order valence-corrected chi connectivity index (χ1v) is 11.2. The van der Waals surface area contributed by atoms with Crippen molar-refractivity contribution in [3.63, 3.8) is 0 Å². The van der Waals surface area contributed by atoms with E-state index in [4.69, 9.17) is 18.9 Å². The Kier molecular flexibility index (Phi) is 11.0. The average molecular weight is 415 g/mol. The van der Waals surface area contributed by atoms with Gasteiger partial charge in [0.25, 0.3) is 0 Å². The number of hydrogen-bond acceptors (Lipinski definition) is 4. The van der Waals surface area contributed by atoms with E-state index in [0.29, 0.717) is 6.42 Å². The van der Waals surface area contributed by atoms with Gasteiger partial charge in [-0.25, -0.2) is 0 Å². The van der Waals surface area contributed by atoms with Crippen molar-refractivity contribution in [3.05, 3.63) is 47.5 Å². The van der Waals surface area contributed by atoms with E-state index in [1.54, 1.807) is 21.3 Å². The number of unbranched alkanes of at least 4 members (excludes halogenated alkanes) is 7. The third kappa shape index (κ3) is 7.81. The highest BCUT2D eigenvalue weighted by Crippen LogP contribution is 2.35. The van der Waals surface area contributed by atoms with Crippen molar-refractivity contribution in [2.24, 2.45) is 0 Å². The molecular formula is C26H38O4. The van der Waals surface area contributed by atoms with E-state index >= 15 is 0 Å². The van der Waals surface area contributed by atoms with Gasteiger partial charge in [0.05, 0.1) is 27.9 Å². The van der Waals surface area contributed by atoms with Gasteiger partial charge in [-0.15, -0.1) is 0 Å². The summed E-state index contributed by atoms with van der Waals surface area (Å²) >= 11 is 0. The van der Waals surface area contributed by atoms with Crippen molar-refractivity contribution in [2.75, 3.05) is 27.9 Å². The van der Waals surface area contributed by atoms with Gasteiger partial charge in [0, 0.05) is 24.1 Å². The Morgan fingerprint density at radius 2 is 1.20 bits per heavy atom. The fraction of sp³-hybridized carbons (Fsp3) is 0.538. The number of hydrogen-bond donors (Lipinski definition) is 0. The van der Waals surface area contributed by atoms with Gasteiger partial charge in [0.2, 0.25) is 0 Å². The highest BCUT2D eigenvalue weighted by Gasteiger charge is 2.14. The minimum atomic E-state index is 0.717. The van der Waals surface area contributed by atoms with Crippen LogP contribution in [0.25, 0.3) is 0 Å². The summed E-state index contributed by atoms with van der Waals surface area (Å²) in [6.45, 7) is 3.05. The lowest BCUT2D eigenvalue weighted by Crippen LogP contribution is -2.00. The number of rotatable bonds is 15. The summed E-state index contributed by atoms with van der Waals surface area (Å²) < 4.78 is 22.3. The molecule has 0 unspecified atom stereocenters. The lowest BCUT2D eigenvalue weighted by molar-refractivity contribution is 0.304. The topological polar surface area (TPSA) is 36.9 Å². The first-order chi connectivity index (χ1) is 14.7. The molecule has 0 heterocycles. The quantitative estimate of drug-likeness (QED) is 0.300. The van der Waals surface area contributed by atoms with Crippen molar-refractivity contribution in [3.8, 4) is 23.0 Å². The van der Waals surface area contributed by atoms with E-state index in [2.05, 4.69) is 19.1 Å². The highest BCUT2D eigenvalue weighted by molar-refractivity contribution is 5.52. The Morgan fingerprint density at radius 3 is 1.73 bits per heavy atom.